The van der Waals surface area contributed by atoms with Crippen LogP contribution in [0.3, 0.4) is 0 Å². The summed E-state index contributed by atoms with van der Waals surface area (Å²) in [6.07, 6.45) is -3.62. The van der Waals surface area contributed by atoms with Crippen LogP contribution in [0.4, 0.5) is 13.2 Å². The van der Waals surface area contributed by atoms with Crippen molar-refractivity contribution in [3.8, 4) is 0 Å². The number of rotatable bonds is 5. The number of hydrogen-bond donors (Lipinski definition) is 0. The average molecular weight is 418 g/mol. The van der Waals surface area contributed by atoms with Crippen LogP contribution in [0.5, 0.6) is 0 Å². The Bertz CT molecular complexity index is 1250. The molecule has 0 aliphatic heterocycles. The van der Waals surface area contributed by atoms with Crippen molar-refractivity contribution in [2.45, 2.75) is 37.0 Å². The molecular formula is C20H17F3N4OS. The second-order valence-corrected chi connectivity index (χ2v) is 7.52. The van der Waals surface area contributed by atoms with Gasteiger partial charge >= 0.3 is 6.18 Å². The maximum absolute atomic E-state index is 13.0. The highest BCUT2D eigenvalue weighted by Gasteiger charge is 2.30. The van der Waals surface area contributed by atoms with E-state index in [4.69, 9.17) is 0 Å². The van der Waals surface area contributed by atoms with Crippen LogP contribution in [0.1, 0.15) is 24.5 Å². The van der Waals surface area contributed by atoms with Crippen LogP contribution in [0, 0.1) is 0 Å². The SMILES string of the molecule is CCCn1c(=O)c2ccccc2n2c(SCc3cccc(C(F)(F)F)c3)nnc12. The first kappa shape index (κ1) is 19.5. The average Bonchev–Trinajstić information content (AvgIpc) is 3.13. The predicted octanol–water partition coefficient (Wildman–Crippen LogP) is 4.77. The zero-order valence-corrected chi connectivity index (χ0v) is 16.3. The predicted molar refractivity (Wildman–Crippen MR) is 106 cm³/mol. The summed E-state index contributed by atoms with van der Waals surface area (Å²) in [6.45, 7) is 2.47. The van der Waals surface area contributed by atoms with Gasteiger partial charge in [-0.1, -0.05) is 49.0 Å². The van der Waals surface area contributed by atoms with Gasteiger partial charge in [0.25, 0.3) is 5.56 Å². The minimum Gasteiger partial charge on any atom is -0.276 e. The Morgan fingerprint density at radius 1 is 1.07 bits per heavy atom. The van der Waals surface area contributed by atoms with Crippen LogP contribution in [0.15, 0.2) is 58.5 Å². The molecule has 0 saturated heterocycles. The van der Waals surface area contributed by atoms with Crippen LogP contribution in [-0.4, -0.2) is 19.2 Å². The molecule has 2 heterocycles. The van der Waals surface area contributed by atoms with Crippen molar-refractivity contribution in [1.82, 2.24) is 19.2 Å². The fourth-order valence-electron chi connectivity index (χ4n) is 3.24. The molecule has 0 bridgehead atoms. The lowest BCUT2D eigenvalue weighted by Gasteiger charge is -2.11. The van der Waals surface area contributed by atoms with E-state index in [1.807, 2.05) is 19.1 Å². The van der Waals surface area contributed by atoms with Crippen molar-refractivity contribution in [3.05, 3.63) is 70.0 Å². The van der Waals surface area contributed by atoms with Crippen molar-refractivity contribution in [1.29, 1.82) is 0 Å². The smallest absolute Gasteiger partial charge is 0.276 e. The highest BCUT2D eigenvalue weighted by atomic mass is 32.2. The summed E-state index contributed by atoms with van der Waals surface area (Å²) in [5.41, 5.74) is 0.407. The van der Waals surface area contributed by atoms with E-state index >= 15 is 0 Å². The number of nitrogens with zero attached hydrogens (tertiary/aromatic N) is 4. The molecule has 0 N–H and O–H groups in total. The van der Waals surface area contributed by atoms with E-state index in [0.717, 1.165) is 18.6 Å². The van der Waals surface area contributed by atoms with Crippen LogP contribution in [-0.2, 0) is 18.5 Å². The molecule has 150 valence electrons. The number of halogens is 3. The summed E-state index contributed by atoms with van der Waals surface area (Å²) >= 11 is 1.28. The van der Waals surface area contributed by atoms with E-state index in [0.29, 0.717) is 39.7 Å². The lowest BCUT2D eigenvalue weighted by atomic mass is 10.1. The number of aromatic nitrogens is 4. The summed E-state index contributed by atoms with van der Waals surface area (Å²) < 4.78 is 42.2. The van der Waals surface area contributed by atoms with Crippen molar-refractivity contribution in [3.63, 3.8) is 0 Å². The van der Waals surface area contributed by atoms with Gasteiger partial charge in [-0.3, -0.25) is 13.8 Å². The summed E-state index contributed by atoms with van der Waals surface area (Å²) in [5.74, 6) is 0.730. The number of hydrogen-bond acceptors (Lipinski definition) is 4. The standard InChI is InChI=1S/C20H17F3N4OS/c1-2-10-26-17(28)15-8-3-4-9-16(15)27-18(26)24-25-19(27)29-12-13-6-5-7-14(11-13)20(21,22)23/h3-9,11H,2,10,12H2,1H3. The van der Waals surface area contributed by atoms with Gasteiger partial charge in [-0.25, -0.2) is 0 Å². The van der Waals surface area contributed by atoms with Crippen molar-refractivity contribution in [2.75, 3.05) is 0 Å². The molecule has 2 aromatic heterocycles. The molecule has 29 heavy (non-hydrogen) atoms. The summed E-state index contributed by atoms with van der Waals surface area (Å²) in [4.78, 5) is 12.8. The number of benzene rings is 2. The molecule has 0 spiro atoms. The largest absolute Gasteiger partial charge is 0.416 e. The fraction of sp³-hybridized carbons (Fsp3) is 0.250. The molecule has 0 amide bonds. The third-order valence-corrected chi connectivity index (χ3v) is 5.55. The highest BCUT2D eigenvalue weighted by molar-refractivity contribution is 7.98. The molecular weight excluding hydrogens is 401 g/mol. The normalized spacial score (nSPS) is 12.1. The van der Waals surface area contributed by atoms with E-state index in [-0.39, 0.29) is 5.56 Å². The van der Waals surface area contributed by atoms with Crippen LogP contribution >= 0.6 is 11.8 Å². The van der Waals surface area contributed by atoms with Crippen molar-refractivity contribution < 1.29 is 13.2 Å². The maximum Gasteiger partial charge on any atom is 0.416 e. The molecule has 4 aromatic rings. The number of thioether (sulfide) groups is 1. The van der Waals surface area contributed by atoms with Crippen LogP contribution in [0.25, 0.3) is 16.7 Å². The zero-order chi connectivity index (χ0) is 20.6. The number of aryl methyl sites for hydroxylation is 1. The first-order valence-corrected chi connectivity index (χ1v) is 10.0. The summed E-state index contributed by atoms with van der Waals surface area (Å²) in [6, 6.07) is 12.4. The minimum absolute atomic E-state index is 0.128. The van der Waals surface area contributed by atoms with Crippen LogP contribution in [0.2, 0.25) is 0 Å². The number of fused-ring (bicyclic) bond motifs is 3. The monoisotopic (exact) mass is 418 g/mol. The summed E-state index contributed by atoms with van der Waals surface area (Å²) in [5, 5.41) is 9.48. The molecule has 0 saturated carbocycles. The molecule has 0 aliphatic carbocycles. The highest BCUT2D eigenvalue weighted by Crippen LogP contribution is 2.31. The third-order valence-electron chi connectivity index (χ3n) is 4.55. The Kier molecular flexibility index (Phi) is 5.08. The Morgan fingerprint density at radius 2 is 1.86 bits per heavy atom. The van der Waals surface area contributed by atoms with E-state index < -0.39 is 11.7 Å². The van der Waals surface area contributed by atoms with Gasteiger partial charge < -0.3 is 0 Å². The van der Waals surface area contributed by atoms with E-state index in [9.17, 15) is 18.0 Å². The Labute approximate surface area is 168 Å². The zero-order valence-electron chi connectivity index (χ0n) is 15.5. The number of alkyl halides is 3. The van der Waals surface area contributed by atoms with Crippen molar-refractivity contribution in [2.24, 2.45) is 0 Å². The molecule has 5 nitrogen and oxygen atoms in total. The Hall–Kier alpha value is -2.81. The lowest BCUT2D eigenvalue weighted by molar-refractivity contribution is -0.137. The van der Waals surface area contributed by atoms with Gasteiger partial charge in [0.15, 0.2) is 5.16 Å². The molecule has 0 radical (unpaired) electrons. The minimum atomic E-state index is -4.38. The topological polar surface area (TPSA) is 52.2 Å². The molecule has 4 rings (SSSR count). The molecule has 0 fully saturated rings. The molecule has 0 aliphatic rings. The van der Waals surface area contributed by atoms with Gasteiger partial charge in [0, 0.05) is 12.3 Å². The molecule has 0 unspecified atom stereocenters. The first-order chi connectivity index (χ1) is 13.9. The second kappa shape index (κ2) is 7.55. The molecule has 0 atom stereocenters. The molecule has 2 aromatic carbocycles. The van der Waals surface area contributed by atoms with Gasteiger partial charge in [-0.2, -0.15) is 13.2 Å². The van der Waals surface area contributed by atoms with Gasteiger partial charge in [-0.15, -0.1) is 10.2 Å². The Morgan fingerprint density at radius 3 is 2.62 bits per heavy atom. The van der Waals surface area contributed by atoms with Gasteiger partial charge in [0.2, 0.25) is 5.78 Å². The van der Waals surface area contributed by atoms with Gasteiger partial charge in [-0.05, 0) is 30.2 Å². The fourth-order valence-corrected chi connectivity index (χ4v) is 4.12. The Balaban J connectivity index is 1.77. The number of para-hydroxylation sites is 1. The lowest BCUT2D eigenvalue weighted by Crippen LogP contribution is -2.23. The van der Waals surface area contributed by atoms with Gasteiger partial charge in [0.1, 0.15) is 0 Å². The van der Waals surface area contributed by atoms with E-state index in [1.165, 1.54) is 17.8 Å². The third kappa shape index (κ3) is 3.62. The van der Waals surface area contributed by atoms with Gasteiger partial charge in [0.05, 0.1) is 16.5 Å². The van der Waals surface area contributed by atoms with E-state index in [2.05, 4.69) is 10.2 Å². The second-order valence-electron chi connectivity index (χ2n) is 6.58. The van der Waals surface area contributed by atoms with Crippen LogP contribution < -0.4 is 5.56 Å². The van der Waals surface area contributed by atoms with Crippen molar-refractivity contribution >= 4 is 28.4 Å². The first-order valence-electron chi connectivity index (χ1n) is 9.05. The molecule has 9 heteroatoms. The maximum atomic E-state index is 13.0. The quantitative estimate of drug-likeness (QED) is 0.439. The van der Waals surface area contributed by atoms with E-state index in [1.54, 1.807) is 27.2 Å². The summed E-state index contributed by atoms with van der Waals surface area (Å²) in [7, 11) is 0.